The minimum absolute atomic E-state index is 0.0372. The zero-order valence-corrected chi connectivity index (χ0v) is 15.2. The van der Waals surface area contributed by atoms with Gasteiger partial charge in [-0.3, -0.25) is 4.79 Å². The summed E-state index contributed by atoms with van der Waals surface area (Å²) >= 11 is 6.75. The van der Waals surface area contributed by atoms with Crippen molar-refractivity contribution in [1.29, 1.82) is 0 Å². The Morgan fingerprint density at radius 2 is 1.96 bits per heavy atom. The number of benzene rings is 2. The molecule has 0 bridgehead atoms. The molecule has 0 aromatic heterocycles. The van der Waals surface area contributed by atoms with Crippen LogP contribution in [0.5, 0.6) is 5.75 Å². The molecule has 0 aliphatic carbocycles. The molecular formula is C16H12Br2N2O3. The third kappa shape index (κ3) is 3.25. The topological polar surface area (TPSA) is 62.1 Å². The number of halogens is 2. The molecule has 0 radical (unpaired) electrons. The first-order chi connectivity index (χ1) is 11.0. The highest BCUT2D eigenvalue weighted by Crippen LogP contribution is 2.36. The summed E-state index contributed by atoms with van der Waals surface area (Å²) in [6.07, 6.45) is -0.806. The summed E-state index contributed by atoms with van der Waals surface area (Å²) in [5.74, 6) is 0.0837. The number of phenolic OH excluding ortho intramolecular Hbond substituents is 1. The Hall–Kier alpha value is -1.86. The van der Waals surface area contributed by atoms with Crippen molar-refractivity contribution < 1.29 is 14.6 Å². The molecule has 7 heteroatoms. The maximum atomic E-state index is 11.9. The highest BCUT2D eigenvalue weighted by molar-refractivity contribution is 9.10. The van der Waals surface area contributed by atoms with E-state index in [1.165, 1.54) is 18.0 Å². The SMILES string of the molecule is CC(=O)N1N=C(c2cccc(Br)c2)OC1c1cc(Br)ccc1O. The molecule has 2 aromatic carbocycles. The fourth-order valence-electron chi connectivity index (χ4n) is 2.23. The van der Waals surface area contributed by atoms with E-state index in [9.17, 15) is 9.90 Å². The van der Waals surface area contributed by atoms with Crippen LogP contribution in [0.4, 0.5) is 0 Å². The number of ether oxygens (including phenoxy) is 1. The fraction of sp³-hybridized carbons (Fsp3) is 0.125. The van der Waals surface area contributed by atoms with Crippen molar-refractivity contribution in [2.45, 2.75) is 13.2 Å². The van der Waals surface area contributed by atoms with Crippen molar-refractivity contribution in [3.63, 3.8) is 0 Å². The third-order valence-electron chi connectivity index (χ3n) is 3.29. The van der Waals surface area contributed by atoms with Crippen molar-refractivity contribution in [1.82, 2.24) is 5.01 Å². The van der Waals surface area contributed by atoms with E-state index in [1.807, 2.05) is 24.3 Å². The molecule has 1 atom stereocenters. The van der Waals surface area contributed by atoms with Gasteiger partial charge in [0, 0.05) is 21.4 Å². The average molecular weight is 440 g/mol. The summed E-state index contributed by atoms with van der Waals surface area (Å²) < 4.78 is 7.50. The number of hydrogen-bond donors (Lipinski definition) is 1. The maximum Gasteiger partial charge on any atom is 0.243 e. The Morgan fingerprint density at radius 3 is 2.65 bits per heavy atom. The lowest BCUT2D eigenvalue weighted by molar-refractivity contribution is -0.135. The van der Waals surface area contributed by atoms with Crippen LogP contribution < -0.4 is 0 Å². The Balaban J connectivity index is 2.00. The molecule has 1 aliphatic heterocycles. The van der Waals surface area contributed by atoms with E-state index >= 15 is 0 Å². The molecule has 0 saturated carbocycles. The van der Waals surface area contributed by atoms with Crippen LogP contribution in [0.15, 0.2) is 56.5 Å². The van der Waals surface area contributed by atoms with Crippen LogP contribution in [-0.4, -0.2) is 21.9 Å². The van der Waals surface area contributed by atoms with Crippen molar-refractivity contribution in [2.24, 2.45) is 5.10 Å². The van der Waals surface area contributed by atoms with Gasteiger partial charge in [0.1, 0.15) is 5.75 Å². The second-order valence-corrected chi connectivity index (χ2v) is 6.78. The first-order valence-electron chi connectivity index (χ1n) is 6.75. The van der Waals surface area contributed by atoms with Crippen LogP contribution in [0, 0.1) is 0 Å². The molecule has 0 saturated heterocycles. The Morgan fingerprint density at radius 1 is 1.22 bits per heavy atom. The molecule has 2 aromatic rings. The van der Waals surface area contributed by atoms with E-state index in [4.69, 9.17) is 4.74 Å². The predicted octanol–water partition coefficient (Wildman–Crippen LogP) is 4.16. The summed E-state index contributed by atoms with van der Waals surface area (Å²) in [7, 11) is 0. The minimum atomic E-state index is -0.806. The zero-order valence-electron chi connectivity index (χ0n) is 12.0. The lowest BCUT2D eigenvalue weighted by Gasteiger charge is -2.20. The van der Waals surface area contributed by atoms with Gasteiger partial charge < -0.3 is 9.84 Å². The van der Waals surface area contributed by atoms with Crippen LogP contribution in [0.1, 0.15) is 24.3 Å². The number of rotatable bonds is 2. The molecule has 118 valence electrons. The van der Waals surface area contributed by atoms with Gasteiger partial charge in [0.15, 0.2) is 0 Å². The van der Waals surface area contributed by atoms with E-state index in [0.717, 1.165) is 14.5 Å². The van der Waals surface area contributed by atoms with Gasteiger partial charge in [-0.15, -0.1) is 5.10 Å². The molecule has 1 aliphatic rings. The van der Waals surface area contributed by atoms with E-state index < -0.39 is 6.23 Å². The monoisotopic (exact) mass is 438 g/mol. The molecule has 0 spiro atoms. The van der Waals surface area contributed by atoms with E-state index in [-0.39, 0.29) is 11.7 Å². The quantitative estimate of drug-likeness (QED) is 0.764. The van der Waals surface area contributed by atoms with Crippen molar-refractivity contribution in [2.75, 3.05) is 0 Å². The van der Waals surface area contributed by atoms with Gasteiger partial charge in [-0.05, 0) is 36.4 Å². The first kappa shape index (κ1) is 16.0. The highest BCUT2D eigenvalue weighted by Gasteiger charge is 2.34. The van der Waals surface area contributed by atoms with Gasteiger partial charge in [-0.2, -0.15) is 5.01 Å². The largest absolute Gasteiger partial charge is 0.507 e. The van der Waals surface area contributed by atoms with Gasteiger partial charge in [0.2, 0.25) is 18.0 Å². The van der Waals surface area contributed by atoms with E-state index in [1.54, 1.807) is 12.1 Å². The number of hydrogen-bond acceptors (Lipinski definition) is 4. The van der Waals surface area contributed by atoms with Gasteiger partial charge in [0.25, 0.3) is 0 Å². The average Bonchev–Trinajstić information content (AvgIpc) is 2.95. The molecule has 23 heavy (non-hydrogen) atoms. The lowest BCUT2D eigenvalue weighted by atomic mass is 10.1. The van der Waals surface area contributed by atoms with Gasteiger partial charge in [-0.25, -0.2) is 0 Å². The van der Waals surface area contributed by atoms with Gasteiger partial charge >= 0.3 is 0 Å². The summed E-state index contributed by atoms with van der Waals surface area (Å²) in [5, 5.41) is 15.6. The molecule has 0 fully saturated rings. The summed E-state index contributed by atoms with van der Waals surface area (Å²) in [5.41, 5.74) is 1.20. The number of nitrogens with zero attached hydrogens (tertiary/aromatic N) is 2. The standard InChI is InChI=1S/C16H12Br2N2O3/c1-9(21)20-16(13-8-12(18)5-6-14(13)22)23-15(19-20)10-3-2-4-11(17)7-10/h2-8,16,22H,1H3. The Kier molecular flexibility index (Phi) is 4.41. The van der Waals surface area contributed by atoms with Crippen molar-refractivity contribution in [3.05, 3.63) is 62.5 Å². The Labute approximate surface area is 149 Å². The Bertz CT molecular complexity index is 808. The molecule has 1 amide bonds. The molecule has 1 N–H and O–H groups in total. The number of aromatic hydroxyl groups is 1. The number of amides is 1. The van der Waals surface area contributed by atoms with Crippen molar-refractivity contribution >= 4 is 43.7 Å². The number of carbonyl (C=O) groups is 1. The maximum absolute atomic E-state index is 11.9. The number of phenols is 1. The highest BCUT2D eigenvalue weighted by atomic mass is 79.9. The van der Waals surface area contributed by atoms with Gasteiger partial charge in [0.05, 0.1) is 5.56 Å². The van der Waals surface area contributed by atoms with Crippen LogP contribution in [0.2, 0.25) is 0 Å². The fourth-order valence-corrected chi connectivity index (χ4v) is 3.01. The van der Waals surface area contributed by atoms with E-state index in [2.05, 4.69) is 37.0 Å². The lowest BCUT2D eigenvalue weighted by Crippen LogP contribution is -2.25. The minimum Gasteiger partial charge on any atom is -0.507 e. The van der Waals surface area contributed by atoms with Crippen molar-refractivity contribution in [3.8, 4) is 5.75 Å². The predicted molar refractivity (Wildman–Crippen MR) is 92.8 cm³/mol. The normalized spacial score (nSPS) is 16.9. The first-order valence-corrected chi connectivity index (χ1v) is 8.34. The molecular weight excluding hydrogens is 428 g/mol. The molecule has 3 rings (SSSR count). The van der Waals surface area contributed by atoms with Crippen LogP contribution in [0.3, 0.4) is 0 Å². The second kappa shape index (κ2) is 6.33. The third-order valence-corrected chi connectivity index (χ3v) is 4.28. The van der Waals surface area contributed by atoms with Crippen LogP contribution in [-0.2, 0) is 9.53 Å². The molecule has 1 heterocycles. The van der Waals surface area contributed by atoms with Crippen LogP contribution >= 0.6 is 31.9 Å². The molecule has 5 nitrogen and oxygen atoms in total. The summed E-state index contributed by atoms with van der Waals surface area (Å²) in [4.78, 5) is 11.9. The molecule has 1 unspecified atom stereocenters. The van der Waals surface area contributed by atoms with Gasteiger partial charge in [-0.1, -0.05) is 37.9 Å². The smallest absolute Gasteiger partial charge is 0.243 e. The zero-order chi connectivity index (χ0) is 16.6. The number of hydrazone groups is 1. The van der Waals surface area contributed by atoms with Crippen LogP contribution in [0.25, 0.3) is 0 Å². The number of carbonyl (C=O) groups excluding carboxylic acids is 1. The summed E-state index contributed by atoms with van der Waals surface area (Å²) in [6, 6.07) is 12.4. The van der Waals surface area contributed by atoms with E-state index in [0.29, 0.717) is 11.5 Å². The summed E-state index contributed by atoms with van der Waals surface area (Å²) in [6.45, 7) is 1.40. The second-order valence-electron chi connectivity index (χ2n) is 4.95.